The van der Waals surface area contributed by atoms with Crippen molar-refractivity contribution in [3.8, 4) is 0 Å². The third kappa shape index (κ3) is 7.61. The predicted molar refractivity (Wildman–Crippen MR) is 118 cm³/mol. The summed E-state index contributed by atoms with van der Waals surface area (Å²) in [5.41, 5.74) is 1.11. The summed E-state index contributed by atoms with van der Waals surface area (Å²) in [6.45, 7) is 6.38. The van der Waals surface area contributed by atoms with Crippen molar-refractivity contribution in [2.24, 2.45) is 4.99 Å². The van der Waals surface area contributed by atoms with Gasteiger partial charge in [-0.25, -0.2) is 0 Å². The number of piperidine rings is 1. The van der Waals surface area contributed by atoms with Crippen molar-refractivity contribution in [1.82, 2.24) is 15.5 Å². The summed E-state index contributed by atoms with van der Waals surface area (Å²) in [7, 11) is 0. The molecule has 3 rings (SSSR count). The van der Waals surface area contributed by atoms with E-state index < -0.39 is 6.10 Å². The molecule has 1 unspecified atom stereocenters. The summed E-state index contributed by atoms with van der Waals surface area (Å²) in [5.74, 6) is 0.800. The van der Waals surface area contributed by atoms with Crippen LogP contribution in [-0.2, 0) is 11.3 Å². The molecule has 0 radical (unpaired) electrons. The lowest BCUT2D eigenvalue weighted by Gasteiger charge is -2.36. The first-order chi connectivity index (χ1) is 14.2. The fraction of sp³-hybridized carbons (Fsp3) is 0.696. The number of nitrogens with zero attached hydrogens (tertiary/aromatic N) is 2. The van der Waals surface area contributed by atoms with Gasteiger partial charge in [-0.3, -0.25) is 4.99 Å². The van der Waals surface area contributed by atoms with Crippen LogP contribution in [0.4, 0.5) is 0 Å². The van der Waals surface area contributed by atoms with Crippen molar-refractivity contribution >= 4 is 5.96 Å². The first-order valence-electron chi connectivity index (χ1n) is 11.3. The molecule has 0 spiro atoms. The van der Waals surface area contributed by atoms with Crippen LogP contribution in [0, 0.1) is 0 Å². The van der Waals surface area contributed by atoms with Gasteiger partial charge in [0.25, 0.3) is 0 Å². The Balaban J connectivity index is 1.37. The lowest BCUT2D eigenvalue weighted by molar-refractivity contribution is 0.0331. The van der Waals surface area contributed by atoms with E-state index in [2.05, 4.69) is 27.4 Å². The SMILES string of the molecule is CCNC(=NCC(O)COCc1ccccc1)NC1CCN(C2CCCC2)CC1. The molecule has 2 aliphatic rings. The van der Waals surface area contributed by atoms with Gasteiger partial charge in [-0.05, 0) is 38.2 Å². The van der Waals surface area contributed by atoms with Crippen LogP contribution in [0.1, 0.15) is 51.0 Å². The number of hydrogen-bond donors (Lipinski definition) is 3. The van der Waals surface area contributed by atoms with E-state index in [4.69, 9.17) is 4.74 Å². The lowest BCUT2D eigenvalue weighted by Crippen LogP contribution is -2.50. The first kappa shape index (κ1) is 22.1. The Labute approximate surface area is 175 Å². The predicted octanol–water partition coefficient (Wildman–Crippen LogP) is 2.53. The van der Waals surface area contributed by atoms with E-state index in [1.54, 1.807) is 0 Å². The maximum absolute atomic E-state index is 10.2. The Bertz CT molecular complexity index is 596. The maximum atomic E-state index is 10.2. The van der Waals surface area contributed by atoms with Crippen LogP contribution < -0.4 is 10.6 Å². The Hall–Kier alpha value is -1.63. The molecule has 3 N–H and O–H groups in total. The van der Waals surface area contributed by atoms with Gasteiger partial charge in [-0.2, -0.15) is 0 Å². The van der Waals surface area contributed by atoms with Gasteiger partial charge < -0.3 is 25.4 Å². The zero-order valence-electron chi connectivity index (χ0n) is 17.9. The van der Waals surface area contributed by atoms with E-state index in [1.807, 2.05) is 30.3 Å². The van der Waals surface area contributed by atoms with Gasteiger partial charge in [0, 0.05) is 31.7 Å². The van der Waals surface area contributed by atoms with Gasteiger partial charge in [0.15, 0.2) is 5.96 Å². The average molecular weight is 403 g/mol. The van der Waals surface area contributed by atoms with Gasteiger partial charge in [0.2, 0.25) is 0 Å². The minimum atomic E-state index is -0.599. The molecule has 29 heavy (non-hydrogen) atoms. The number of guanidine groups is 1. The molecular weight excluding hydrogens is 364 g/mol. The lowest BCUT2D eigenvalue weighted by atomic mass is 10.0. The molecule has 6 heteroatoms. The number of ether oxygens (including phenoxy) is 1. The molecular formula is C23H38N4O2. The number of aliphatic hydroxyl groups is 1. The van der Waals surface area contributed by atoms with Gasteiger partial charge >= 0.3 is 0 Å². The highest BCUT2D eigenvalue weighted by Gasteiger charge is 2.27. The molecule has 0 bridgehead atoms. The van der Waals surface area contributed by atoms with Gasteiger partial charge in [-0.1, -0.05) is 43.2 Å². The number of benzene rings is 1. The Morgan fingerprint density at radius 2 is 1.90 bits per heavy atom. The molecule has 1 aromatic carbocycles. The first-order valence-corrected chi connectivity index (χ1v) is 11.3. The van der Waals surface area contributed by atoms with Crippen LogP contribution in [0.5, 0.6) is 0 Å². The number of likely N-dealkylation sites (tertiary alicyclic amines) is 1. The van der Waals surface area contributed by atoms with Crippen LogP contribution >= 0.6 is 0 Å². The van der Waals surface area contributed by atoms with Crippen LogP contribution in [-0.4, -0.2) is 66.9 Å². The second-order valence-corrected chi connectivity index (χ2v) is 8.27. The molecule has 1 atom stereocenters. The Morgan fingerprint density at radius 1 is 1.17 bits per heavy atom. The third-order valence-electron chi connectivity index (χ3n) is 5.94. The highest BCUT2D eigenvalue weighted by Crippen LogP contribution is 2.26. The van der Waals surface area contributed by atoms with Crippen LogP contribution in [0.15, 0.2) is 35.3 Å². The van der Waals surface area contributed by atoms with E-state index in [1.165, 1.54) is 38.8 Å². The van der Waals surface area contributed by atoms with Gasteiger partial charge in [0.05, 0.1) is 25.9 Å². The molecule has 6 nitrogen and oxygen atoms in total. The average Bonchev–Trinajstić information content (AvgIpc) is 3.28. The van der Waals surface area contributed by atoms with Crippen molar-refractivity contribution in [2.75, 3.05) is 32.8 Å². The molecule has 1 aliphatic carbocycles. The van der Waals surface area contributed by atoms with Crippen LogP contribution in [0.3, 0.4) is 0 Å². The normalized spacial score (nSPS) is 20.7. The summed E-state index contributed by atoms with van der Waals surface area (Å²) < 4.78 is 5.62. The zero-order valence-corrected chi connectivity index (χ0v) is 17.9. The van der Waals surface area contributed by atoms with Gasteiger partial charge in [-0.15, -0.1) is 0 Å². The molecule has 1 saturated heterocycles. The molecule has 1 saturated carbocycles. The van der Waals surface area contributed by atoms with E-state index in [0.717, 1.165) is 37.0 Å². The standard InChI is InChI=1S/C23H38N4O2/c1-2-24-23(25-16-22(28)18-29-17-19-8-4-3-5-9-19)26-20-12-14-27(15-13-20)21-10-6-7-11-21/h3-5,8-9,20-22,28H,2,6-7,10-18H2,1H3,(H2,24,25,26). The third-order valence-corrected chi connectivity index (χ3v) is 5.94. The summed E-state index contributed by atoms with van der Waals surface area (Å²) in [6.07, 6.45) is 7.28. The Morgan fingerprint density at radius 3 is 2.59 bits per heavy atom. The van der Waals surface area contributed by atoms with Crippen molar-refractivity contribution in [2.45, 2.75) is 70.2 Å². The van der Waals surface area contributed by atoms with E-state index in [-0.39, 0.29) is 6.61 Å². The fourth-order valence-corrected chi connectivity index (χ4v) is 4.33. The molecule has 1 heterocycles. The van der Waals surface area contributed by atoms with Crippen LogP contribution in [0.25, 0.3) is 0 Å². The molecule has 0 aromatic heterocycles. The van der Waals surface area contributed by atoms with E-state index >= 15 is 0 Å². The number of hydrogen-bond acceptors (Lipinski definition) is 4. The quantitative estimate of drug-likeness (QED) is 0.437. The molecule has 1 aliphatic heterocycles. The minimum Gasteiger partial charge on any atom is -0.389 e. The topological polar surface area (TPSA) is 69.1 Å². The van der Waals surface area contributed by atoms with Crippen molar-refractivity contribution < 1.29 is 9.84 Å². The number of aliphatic imine (C=N–C) groups is 1. The number of nitrogens with one attached hydrogen (secondary N) is 2. The minimum absolute atomic E-state index is 0.289. The number of rotatable bonds is 9. The summed E-state index contributed by atoms with van der Waals surface area (Å²) in [4.78, 5) is 7.26. The summed E-state index contributed by atoms with van der Waals surface area (Å²) in [6, 6.07) is 11.3. The molecule has 2 fully saturated rings. The van der Waals surface area contributed by atoms with Gasteiger partial charge in [0.1, 0.15) is 0 Å². The highest BCUT2D eigenvalue weighted by molar-refractivity contribution is 5.80. The number of aliphatic hydroxyl groups excluding tert-OH is 1. The second kappa shape index (κ2) is 12.2. The smallest absolute Gasteiger partial charge is 0.191 e. The zero-order chi connectivity index (χ0) is 20.3. The Kier molecular flexibility index (Phi) is 9.25. The fourth-order valence-electron chi connectivity index (χ4n) is 4.33. The van der Waals surface area contributed by atoms with E-state index in [9.17, 15) is 5.11 Å². The second-order valence-electron chi connectivity index (χ2n) is 8.27. The van der Waals surface area contributed by atoms with Crippen molar-refractivity contribution in [1.29, 1.82) is 0 Å². The molecule has 162 valence electrons. The summed E-state index contributed by atoms with van der Waals surface area (Å²) in [5, 5.41) is 17.1. The van der Waals surface area contributed by atoms with Crippen molar-refractivity contribution in [3.63, 3.8) is 0 Å². The monoisotopic (exact) mass is 402 g/mol. The maximum Gasteiger partial charge on any atom is 0.191 e. The highest BCUT2D eigenvalue weighted by atomic mass is 16.5. The van der Waals surface area contributed by atoms with Crippen molar-refractivity contribution in [3.05, 3.63) is 35.9 Å². The van der Waals surface area contributed by atoms with Crippen LogP contribution in [0.2, 0.25) is 0 Å². The molecule has 1 aromatic rings. The molecule has 0 amide bonds. The largest absolute Gasteiger partial charge is 0.389 e. The summed E-state index contributed by atoms with van der Waals surface area (Å²) >= 11 is 0. The van der Waals surface area contributed by atoms with E-state index in [0.29, 0.717) is 19.2 Å².